The van der Waals surface area contributed by atoms with Crippen molar-refractivity contribution in [1.82, 2.24) is 14.6 Å². The Hall–Kier alpha value is -1.13. The average molecular weight is 469 g/mol. The number of morpholine rings is 2. The topological polar surface area (TPSA) is 55.1 Å². The SMILES string of the molecule is CC1(C)COCCN1c1cc(N2CC3CCC(C2)O3)nc2c(I)cnn12. The number of fused-ring (bicyclic) bond motifs is 3. The molecule has 0 aliphatic carbocycles. The van der Waals surface area contributed by atoms with Crippen LogP contribution in [0, 0.1) is 3.57 Å². The van der Waals surface area contributed by atoms with Crippen LogP contribution in [0.1, 0.15) is 26.7 Å². The highest BCUT2D eigenvalue weighted by Crippen LogP contribution is 2.34. The maximum absolute atomic E-state index is 6.01. The predicted molar refractivity (Wildman–Crippen MR) is 108 cm³/mol. The van der Waals surface area contributed by atoms with Gasteiger partial charge in [-0.1, -0.05) is 0 Å². The fourth-order valence-electron chi connectivity index (χ4n) is 4.35. The van der Waals surface area contributed by atoms with Gasteiger partial charge >= 0.3 is 0 Å². The summed E-state index contributed by atoms with van der Waals surface area (Å²) in [5.74, 6) is 2.13. The van der Waals surface area contributed by atoms with E-state index in [2.05, 4.69) is 57.4 Å². The molecule has 3 aliphatic rings. The Bertz CT molecular complexity index is 826. The Morgan fingerprint density at radius 1 is 1.23 bits per heavy atom. The number of rotatable bonds is 2. The molecule has 3 aliphatic heterocycles. The summed E-state index contributed by atoms with van der Waals surface area (Å²) in [5, 5.41) is 4.61. The summed E-state index contributed by atoms with van der Waals surface area (Å²) in [6.07, 6.45) is 4.92. The second kappa shape index (κ2) is 6.20. The molecule has 0 saturated carbocycles. The molecular formula is C18H24IN5O2. The van der Waals surface area contributed by atoms with E-state index in [1.807, 2.05) is 10.7 Å². The van der Waals surface area contributed by atoms with Crippen LogP contribution in [0.3, 0.4) is 0 Å². The van der Waals surface area contributed by atoms with E-state index < -0.39 is 0 Å². The molecular weight excluding hydrogens is 445 g/mol. The van der Waals surface area contributed by atoms with Crippen molar-refractivity contribution in [1.29, 1.82) is 0 Å². The van der Waals surface area contributed by atoms with E-state index in [1.165, 1.54) is 0 Å². The van der Waals surface area contributed by atoms with Crippen LogP contribution in [0.15, 0.2) is 12.3 Å². The number of aromatic nitrogens is 3. The molecule has 0 spiro atoms. The number of hydrogen-bond donors (Lipinski definition) is 0. The minimum absolute atomic E-state index is 0.0781. The van der Waals surface area contributed by atoms with E-state index in [-0.39, 0.29) is 5.54 Å². The van der Waals surface area contributed by atoms with E-state index in [9.17, 15) is 0 Å². The van der Waals surface area contributed by atoms with E-state index in [0.29, 0.717) is 18.8 Å². The van der Waals surface area contributed by atoms with Crippen molar-refractivity contribution in [2.45, 2.75) is 44.4 Å². The minimum atomic E-state index is -0.0781. The molecule has 2 unspecified atom stereocenters. The third kappa shape index (κ3) is 2.77. The summed E-state index contributed by atoms with van der Waals surface area (Å²) in [6.45, 7) is 8.61. The fourth-order valence-corrected chi connectivity index (χ4v) is 4.82. The monoisotopic (exact) mass is 469 g/mol. The molecule has 2 aromatic rings. The minimum Gasteiger partial charge on any atom is -0.377 e. The van der Waals surface area contributed by atoms with Crippen molar-refractivity contribution in [3.63, 3.8) is 0 Å². The van der Waals surface area contributed by atoms with Gasteiger partial charge in [0.05, 0.1) is 40.7 Å². The number of halogens is 1. The van der Waals surface area contributed by atoms with Gasteiger partial charge in [0.1, 0.15) is 11.6 Å². The first-order valence-electron chi connectivity index (χ1n) is 9.31. The van der Waals surface area contributed by atoms with Gasteiger partial charge in [-0.05, 0) is 49.3 Å². The summed E-state index contributed by atoms with van der Waals surface area (Å²) in [6, 6.07) is 2.20. The predicted octanol–water partition coefficient (Wildman–Crippen LogP) is 2.32. The third-order valence-electron chi connectivity index (χ3n) is 5.69. The van der Waals surface area contributed by atoms with Crippen LogP contribution in [-0.4, -0.2) is 65.2 Å². The van der Waals surface area contributed by atoms with Crippen LogP contribution < -0.4 is 9.80 Å². The van der Waals surface area contributed by atoms with Crippen LogP contribution in [0.4, 0.5) is 11.6 Å². The second-order valence-electron chi connectivity index (χ2n) is 8.08. The highest BCUT2D eigenvalue weighted by molar-refractivity contribution is 14.1. The van der Waals surface area contributed by atoms with Gasteiger partial charge in [0, 0.05) is 25.7 Å². The van der Waals surface area contributed by atoms with Crippen LogP contribution in [0.2, 0.25) is 0 Å². The van der Waals surface area contributed by atoms with E-state index in [4.69, 9.17) is 14.5 Å². The highest BCUT2D eigenvalue weighted by atomic mass is 127. The first kappa shape index (κ1) is 17.0. The summed E-state index contributed by atoms with van der Waals surface area (Å²) in [7, 11) is 0. The molecule has 5 heterocycles. The van der Waals surface area contributed by atoms with Gasteiger partial charge < -0.3 is 19.3 Å². The second-order valence-corrected chi connectivity index (χ2v) is 9.24. The Kier molecular flexibility index (Phi) is 4.05. The number of ether oxygens (including phenoxy) is 2. The smallest absolute Gasteiger partial charge is 0.173 e. The van der Waals surface area contributed by atoms with Crippen molar-refractivity contribution in [2.24, 2.45) is 0 Å². The quantitative estimate of drug-likeness (QED) is 0.630. The maximum atomic E-state index is 6.01. The Morgan fingerprint density at radius 3 is 2.73 bits per heavy atom. The standard InChI is InChI=1S/C18H24IN5O2/c1-18(2)11-25-6-5-23(18)16-7-15(21-17-14(19)8-20-24(16)17)22-9-12-3-4-13(10-22)26-12/h7-8,12-13H,3-6,9-11H2,1-2H3. The van der Waals surface area contributed by atoms with Crippen molar-refractivity contribution in [2.75, 3.05) is 42.6 Å². The molecule has 2 aromatic heterocycles. The maximum Gasteiger partial charge on any atom is 0.173 e. The largest absolute Gasteiger partial charge is 0.377 e. The molecule has 0 N–H and O–H groups in total. The first-order chi connectivity index (χ1) is 12.5. The van der Waals surface area contributed by atoms with Crippen LogP contribution in [0.5, 0.6) is 0 Å². The van der Waals surface area contributed by atoms with Gasteiger partial charge in [0.15, 0.2) is 5.65 Å². The summed E-state index contributed by atoms with van der Waals surface area (Å²) < 4.78 is 14.8. The normalized spacial score (nSPS) is 28.1. The van der Waals surface area contributed by atoms with Gasteiger partial charge in [-0.15, -0.1) is 0 Å². The molecule has 7 nitrogen and oxygen atoms in total. The summed E-state index contributed by atoms with van der Waals surface area (Å²) >= 11 is 2.33. The average Bonchev–Trinajstić information content (AvgIpc) is 3.16. The zero-order valence-electron chi connectivity index (χ0n) is 15.2. The van der Waals surface area contributed by atoms with E-state index in [1.54, 1.807) is 0 Å². The fraction of sp³-hybridized carbons (Fsp3) is 0.667. The Morgan fingerprint density at radius 2 is 2.00 bits per heavy atom. The molecule has 140 valence electrons. The molecule has 26 heavy (non-hydrogen) atoms. The van der Waals surface area contributed by atoms with E-state index >= 15 is 0 Å². The van der Waals surface area contributed by atoms with Crippen LogP contribution in [-0.2, 0) is 9.47 Å². The van der Waals surface area contributed by atoms with Gasteiger partial charge in [0.25, 0.3) is 0 Å². The molecule has 0 radical (unpaired) electrons. The molecule has 0 amide bonds. The molecule has 2 bridgehead atoms. The molecule has 8 heteroatoms. The lowest BCUT2D eigenvalue weighted by Crippen LogP contribution is -2.54. The zero-order chi connectivity index (χ0) is 17.9. The third-order valence-corrected chi connectivity index (χ3v) is 6.45. The number of hydrogen-bond acceptors (Lipinski definition) is 6. The van der Waals surface area contributed by atoms with Gasteiger partial charge in [-0.3, -0.25) is 0 Å². The van der Waals surface area contributed by atoms with Crippen LogP contribution in [0.25, 0.3) is 5.65 Å². The highest BCUT2D eigenvalue weighted by Gasteiger charge is 2.36. The Labute approximate surface area is 166 Å². The molecule has 2 atom stereocenters. The van der Waals surface area contributed by atoms with E-state index in [0.717, 1.165) is 59.9 Å². The number of nitrogens with zero attached hydrogens (tertiary/aromatic N) is 5. The Balaban J connectivity index is 1.61. The first-order valence-corrected chi connectivity index (χ1v) is 10.4. The van der Waals surface area contributed by atoms with Gasteiger partial charge in [0.2, 0.25) is 0 Å². The lowest BCUT2D eigenvalue weighted by molar-refractivity contribution is 0.0302. The van der Waals surface area contributed by atoms with Crippen LogP contribution >= 0.6 is 22.6 Å². The van der Waals surface area contributed by atoms with Crippen molar-refractivity contribution in [3.8, 4) is 0 Å². The molecule has 3 saturated heterocycles. The zero-order valence-corrected chi connectivity index (χ0v) is 17.3. The van der Waals surface area contributed by atoms with Crippen molar-refractivity contribution < 1.29 is 9.47 Å². The van der Waals surface area contributed by atoms with Gasteiger partial charge in [-0.25, -0.2) is 4.98 Å². The number of anilines is 2. The molecule has 0 aromatic carbocycles. The molecule has 3 fully saturated rings. The summed E-state index contributed by atoms with van der Waals surface area (Å²) in [5.41, 5.74) is 0.852. The van der Waals surface area contributed by atoms with Gasteiger partial charge in [-0.2, -0.15) is 9.61 Å². The lowest BCUT2D eigenvalue weighted by atomic mass is 10.0. The molecule has 5 rings (SSSR count). The van der Waals surface area contributed by atoms with Crippen molar-refractivity contribution in [3.05, 3.63) is 15.8 Å². The lowest BCUT2D eigenvalue weighted by Gasteiger charge is -2.43. The summed E-state index contributed by atoms with van der Waals surface area (Å²) in [4.78, 5) is 9.77. The van der Waals surface area contributed by atoms with Crippen molar-refractivity contribution >= 4 is 39.9 Å².